The number of halogens is 1. The average Bonchev–Trinajstić information content (AvgIpc) is 2.14. The molecule has 3 nitrogen and oxygen atoms in total. The summed E-state index contributed by atoms with van der Waals surface area (Å²) in [5.74, 6) is 0.537. The summed E-state index contributed by atoms with van der Waals surface area (Å²) >= 11 is 7.24. The molecule has 0 heterocycles. The van der Waals surface area contributed by atoms with Gasteiger partial charge in [-0.25, -0.2) is 13.1 Å². The van der Waals surface area contributed by atoms with Crippen LogP contribution in [0.2, 0.25) is 0 Å². The van der Waals surface area contributed by atoms with Crippen LogP contribution in [-0.2, 0) is 10.0 Å². The first kappa shape index (κ1) is 13.6. The Hall–Kier alpha value is 0.550. The largest absolute Gasteiger partial charge is 0.214 e. The van der Waals surface area contributed by atoms with Crippen molar-refractivity contribution in [3.63, 3.8) is 0 Å². The summed E-state index contributed by atoms with van der Waals surface area (Å²) in [6.07, 6.45) is 6.01. The van der Waals surface area contributed by atoms with Crippen molar-refractivity contribution in [3.05, 3.63) is 0 Å². The van der Waals surface area contributed by atoms with E-state index in [9.17, 15) is 8.42 Å². The van der Waals surface area contributed by atoms with Gasteiger partial charge in [-0.2, -0.15) is 11.8 Å². The predicted octanol–water partition coefficient (Wildman–Crippen LogP) is 1.82. The molecule has 0 radical (unpaired) electrons. The molecule has 90 valence electrons. The minimum Gasteiger partial charge on any atom is -0.214 e. The van der Waals surface area contributed by atoms with E-state index in [4.69, 9.17) is 11.6 Å². The van der Waals surface area contributed by atoms with Gasteiger partial charge in [-0.05, 0) is 25.5 Å². The minimum atomic E-state index is -3.11. The highest BCUT2D eigenvalue weighted by molar-refractivity contribution is 8.00. The molecule has 6 heteroatoms. The van der Waals surface area contributed by atoms with Crippen LogP contribution in [0.25, 0.3) is 0 Å². The summed E-state index contributed by atoms with van der Waals surface area (Å²) in [6.45, 7) is 0.568. The summed E-state index contributed by atoms with van der Waals surface area (Å²) < 4.78 is 25.9. The van der Waals surface area contributed by atoms with E-state index in [1.807, 2.05) is 6.26 Å². The van der Waals surface area contributed by atoms with Crippen molar-refractivity contribution in [1.29, 1.82) is 0 Å². The fraction of sp³-hybridized carbons (Fsp3) is 1.00. The van der Waals surface area contributed by atoms with Crippen molar-refractivity contribution in [3.8, 4) is 0 Å². The quantitative estimate of drug-likeness (QED) is 0.719. The monoisotopic (exact) mass is 271 g/mol. The maximum atomic E-state index is 11.5. The lowest BCUT2D eigenvalue weighted by atomic mass is 9.84. The molecule has 1 aliphatic rings. The first-order chi connectivity index (χ1) is 7.04. The van der Waals surface area contributed by atoms with Crippen molar-refractivity contribution in [1.82, 2.24) is 4.72 Å². The van der Waals surface area contributed by atoms with Gasteiger partial charge in [-0.3, -0.25) is 0 Å². The Morgan fingerprint density at radius 2 is 2.13 bits per heavy atom. The van der Waals surface area contributed by atoms with Crippen molar-refractivity contribution >= 4 is 33.4 Å². The lowest BCUT2D eigenvalue weighted by Crippen LogP contribution is -2.45. The standard InChI is InChI=1S/C9H18ClNO2S2/c1-14-9(4-2-5-9)8-11-15(12,13)7-3-6-10/h11H,2-8H2,1H3. The van der Waals surface area contributed by atoms with Crippen LogP contribution in [0.5, 0.6) is 0 Å². The normalized spacial score (nSPS) is 19.9. The summed E-state index contributed by atoms with van der Waals surface area (Å²) in [4.78, 5) is 0. The average molecular weight is 272 g/mol. The number of thioether (sulfide) groups is 1. The second kappa shape index (κ2) is 5.75. The highest BCUT2D eigenvalue weighted by Crippen LogP contribution is 2.42. The Kier molecular flexibility index (Phi) is 5.22. The molecular formula is C9H18ClNO2S2. The Morgan fingerprint density at radius 1 is 1.47 bits per heavy atom. The molecule has 1 saturated carbocycles. The van der Waals surface area contributed by atoms with Gasteiger partial charge in [0, 0.05) is 17.2 Å². The van der Waals surface area contributed by atoms with Gasteiger partial charge in [0.15, 0.2) is 0 Å². The van der Waals surface area contributed by atoms with Crippen LogP contribution in [0.15, 0.2) is 0 Å². The molecule has 1 fully saturated rings. The van der Waals surface area contributed by atoms with Crippen LogP contribution in [0.1, 0.15) is 25.7 Å². The maximum Gasteiger partial charge on any atom is 0.211 e. The van der Waals surface area contributed by atoms with E-state index in [0.717, 1.165) is 12.8 Å². The molecule has 0 amide bonds. The summed E-state index contributed by atoms with van der Waals surface area (Å²) in [5.41, 5.74) is 0. The lowest BCUT2D eigenvalue weighted by Gasteiger charge is -2.40. The van der Waals surface area contributed by atoms with E-state index in [-0.39, 0.29) is 10.5 Å². The molecule has 0 aromatic rings. The third-order valence-electron chi connectivity index (χ3n) is 2.86. The van der Waals surface area contributed by atoms with Crippen LogP contribution in [0, 0.1) is 0 Å². The van der Waals surface area contributed by atoms with Crippen LogP contribution in [0.4, 0.5) is 0 Å². The molecule has 0 aliphatic heterocycles. The van der Waals surface area contributed by atoms with Gasteiger partial charge in [0.25, 0.3) is 0 Å². The van der Waals surface area contributed by atoms with E-state index >= 15 is 0 Å². The molecule has 0 unspecified atom stereocenters. The van der Waals surface area contributed by atoms with Crippen LogP contribution in [0.3, 0.4) is 0 Å². The number of rotatable bonds is 7. The van der Waals surface area contributed by atoms with Gasteiger partial charge in [0.1, 0.15) is 0 Å². The Morgan fingerprint density at radius 3 is 2.53 bits per heavy atom. The van der Waals surface area contributed by atoms with Crippen LogP contribution < -0.4 is 4.72 Å². The summed E-state index contributed by atoms with van der Waals surface area (Å²) in [6, 6.07) is 0. The first-order valence-corrected chi connectivity index (χ1v) is 8.53. The van der Waals surface area contributed by atoms with Crippen LogP contribution >= 0.6 is 23.4 Å². The zero-order chi connectivity index (χ0) is 11.4. The Bertz CT molecular complexity index is 283. The van der Waals surface area contributed by atoms with Gasteiger partial charge in [-0.1, -0.05) is 6.42 Å². The molecular weight excluding hydrogens is 254 g/mol. The maximum absolute atomic E-state index is 11.5. The Balaban J connectivity index is 2.35. The van der Waals surface area contributed by atoms with E-state index in [1.54, 1.807) is 11.8 Å². The fourth-order valence-corrected chi connectivity index (χ4v) is 4.04. The van der Waals surface area contributed by atoms with E-state index in [0.29, 0.717) is 18.8 Å². The molecule has 1 rings (SSSR count). The van der Waals surface area contributed by atoms with Crippen molar-refractivity contribution < 1.29 is 8.42 Å². The number of alkyl halides is 1. The zero-order valence-electron chi connectivity index (χ0n) is 8.96. The lowest BCUT2D eigenvalue weighted by molar-refractivity contribution is 0.362. The minimum absolute atomic E-state index is 0.140. The molecule has 0 saturated heterocycles. The molecule has 0 bridgehead atoms. The van der Waals surface area contributed by atoms with Crippen LogP contribution in [-0.4, -0.2) is 37.6 Å². The first-order valence-electron chi connectivity index (χ1n) is 5.12. The highest BCUT2D eigenvalue weighted by Gasteiger charge is 2.36. The second-order valence-corrected chi connectivity index (χ2v) is 7.50. The summed E-state index contributed by atoms with van der Waals surface area (Å²) in [5, 5.41) is 0. The third-order valence-corrected chi connectivity index (χ3v) is 5.95. The fourth-order valence-electron chi connectivity index (χ4n) is 1.58. The second-order valence-electron chi connectivity index (χ2n) is 3.92. The van der Waals surface area contributed by atoms with Crippen molar-refractivity contribution in [2.24, 2.45) is 0 Å². The topological polar surface area (TPSA) is 46.2 Å². The van der Waals surface area contributed by atoms with Crippen molar-refractivity contribution in [2.75, 3.05) is 24.4 Å². The van der Waals surface area contributed by atoms with Gasteiger partial charge in [0.05, 0.1) is 5.75 Å². The van der Waals surface area contributed by atoms with Gasteiger partial charge in [-0.15, -0.1) is 11.6 Å². The van der Waals surface area contributed by atoms with E-state index in [2.05, 4.69) is 4.72 Å². The Labute approximate surface area is 101 Å². The molecule has 0 atom stereocenters. The smallest absolute Gasteiger partial charge is 0.211 e. The molecule has 0 aromatic carbocycles. The molecule has 1 aliphatic carbocycles. The predicted molar refractivity (Wildman–Crippen MR) is 67.2 cm³/mol. The van der Waals surface area contributed by atoms with Crippen molar-refractivity contribution in [2.45, 2.75) is 30.4 Å². The van der Waals surface area contributed by atoms with E-state index in [1.165, 1.54) is 6.42 Å². The molecule has 1 N–H and O–H groups in total. The summed E-state index contributed by atoms with van der Waals surface area (Å²) in [7, 11) is -3.11. The van der Waals surface area contributed by atoms with E-state index < -0.39 is 10.0 Å². The highest BCUT2D eigenvalue weighted by atomic mass is 35.5. The number of sulfonamides is 1. The number of hydrogen-bond donors (Lipinski definition) is 1. The van der Waals surface area contributed by atoms with Gasteiger partial charge < -0.3 is 0 Å². The molecule has 15 heavy (non-hydrogen) atoms. The number of nitrogens with one attached hydrogen (secondary N) is 1. The van der Waals surface area contributed by atoms with Gasteiger partial charge in [0.2, 0.25) is 10.0 Å². The van der Waals surface area contributed by atoms with Gasteiger partial charge >= 0.3 is 0 Å². The number of hydrogen-bond acceptors (Lipinski definition) is 3. The zero-order valence-corrected chi connectivity index (χ0v) is 11.3. The molecule has 0 aromatic heterocycles. The molecule has 0 spiro atoms. The SMILES string of the molecule is CSC1(CNS(=O)(=O)CCCCl)CCC1. The third kappa shape index (κ3) is 4.13.